The molecule has 0 heterocycles. The van der Waals surface area contributed by atoms with Crippen molar-refractivity contribution >= 4 is 17.3 Å². The van der Waals surface area contributed by atoms with E-state index in [0.717, 1.165) is 11.8 Å². The van der Waals surface area contributed by atoms with Crippen LogP contribution in [0.3, 0.4) is 0 Å². The Balaban J connectivity index is 2.15. The molecule has 2 aromatic rings. The average molecular weight is 288 g/mol. The molecule has 0 fully saturated rings. The van der Waals surface area contributed by atoms with Crippen LogP contribution in [0.1, 0.15) is 25.5 Å². The molecule has 0 aromatic heterocycles. The third kappa shape index (κ3) is 3.95. The highest BCUT2D eigenvalue weighted by molar-refractivity contribution is 5.89. The number of phenolic OH excluding ortho intramolecular Hbond substituents is 1. The Morgan fingerprint density at radius 3 is 2.57 bits per heavy atom. The van der Waals surface area contributed by atoms with Gasteiger partial charge in [0.2, 0.25) is 5.91 Å². The van der Waals surface area contributed by atoms with Gasteiger partial charge in [0, 0.05) is 29.9 Å². The molecule has 1 amide bonds. The van der Waals surface area contributed by atoms with Gasteiger partial charge in [-0.05, 0) is 31.2 Å². The van der Waals surface area contributed by atoms with E-state index in [9.17, 15) is 14.3 Å². The van der Waals surface area contributed by atoms with Gasteiger partial charge in [0.25, 0.3) is 0 Å². The van der Waals surface area contributed by atoms with Crippen LogP contribution in [0.5, 0.6) is 5.75 Å². The Bertz CT molecular complexity index is 658. The van der Waals surface area contributed by atoms with Crippen molar-refractivity contribution in [3.63, 3.8) is 0 Å². The average Bonchev–Trinajstić information content (AvgIpc) is 2.37. The molecule has 0 bridgehead atoms. The molecular formula is C16H17FN2O2. The van der Waals surface area contributed by atoms with Crippen LogP contribution in [0.4, 0.5) is 15.8 Å². The number of benzene rings is 2. The summed E-state index contributed by atoms with van der Waals surface area (Å²) in [6.45, 7) is 3.26. The number of halogens is 1. The smallest absolute Gasteiger partial charge is 0.221 e. The zero-order chi connectivity index (χ0) is 15.4. The second kappa shape index (κ2) is 6.26. The molecule has 0 saturated heterocycles. The third-order valence-electron chi connectivity index (χ3n) is 3.02. The molecule has 1 atom stereocenters. The van der Waals surface area contributed by atoms with E-state index in [1.165, 1.54) is 13.0 Å². The van der Waals surface area contributed by atoms with Crippen LogP contribution >= 0.6 is 0 Å². The number of anilines is 2. The molecule has 21 heavy (non-hydrogen) atoms. The van der Waals surface area contributed by atoms with Crippen LogP contribution in [-0.2, 0) is 4.79 Å². The van der Waals surface area contributed by atoms with Gasteiger partial charge >= 0.3 is 0 Å². The van der Waals surface area contributed by atoms with Gasteiger partial charge in [0.1, 0.15) is 11.6 Å². The molecule has 2 rings (SSSR count). The number of carbonyl (C=O) groups is 1. The van der Waals surface area contributed by atoms with Crippen molar-refractivity contribution in [3.8, 4) is 5.75 Å². The fourth-order valence-corrected chi connectivity index (χ4v) is 2.08. The lowest BCUT2D eigenvalue weighted by atomic mass is 10.1. The van der Waals surface area contributed by atoms with Crippen LogP contribution in [0.25, 0.3) is 0 Å². The molecule has 0 aliphatic rings. The topological polar surface area (TPSA) is 61.4 Å². The standard InChI is InChI=1S/C16H17FN2O2/c1-10(15-7-6-14(21)9-16(15)17)18-12-4-3-5-13(8-12)19-11(2)20/h3-10,18,21H,1-2H3,(H,19,20). The fraction of sp³-hybridized carbons (Fsp3) is 0.188. The highest BCUT2D eigenvalue weighted by Gasteiger charge is 2.11. The van der Waals surface area contributed by atoms with Crippen LogP contribution < -0.4 is 10.6 Å². The molecule has 110 valence electrons. The van der Waals surface area contributed by atoms with E-state index < -0.39 is 5.82 Å². The van der Waals surface area contributed by atoms with Crippen LogP contribution in [0.15, 0.2) is 42.5 Å². The Hall–Kier alpha value is -2.56. The first-order valence-corrected chi connectivity index (χ1v) is 6.58. The number of hydrogen-bond donors (Lipinski definition) is 3. The maximum absolute atomic E-state index is 13.8. The molecule has 0 radical (unpaired) electrons. The summed E-state index contributed by atoms with van der Waals surface area (Å²) in [6, 6.07) is 11.0. The summed E-state index contributed by atoms with van der Waals surface area (Å²) in [4.78, 5) is 11.0. The van der Waals surface area contributed by atoms with Crippen molar-refractivity contribution in [2.24, 2.45) is 0 Å². The normalized spacial score (nSPS) is 11.8. The van der Waals surface area contributed by atoms with Gasteiger partial charge in [-0.15, -0.1) is 0 Å². The molecule has 3 N–H and O–H groups in total. The van der Waals surface area contributed by atoms with Crippen LogP contribution in [-0.4, -0.2) is 11.0 Å². The molecule has 0 aliphatic heterocycles. The summed E-state index contributed by atoms with van der Waals surface area (Å²) >= 11 is 0. The molecule has 0 aliphatic carbocycles. The summed E-state index contributed by atoms with van der Waals surface area (Å²) in [7, 11) is 0. The van der Waals surface area contributed by atoms with Gasteiger partial charge in [0.15, 0.2) is 0 Å². The van der Waals surface area contributed by atoms with Crippen molar-refractivity contribution in [3.05, 3.63) is 53.8 Å². The molecule has 2 aromatic carbocycles. The first-order valence-electron chi connectivity index (χ1n) is 6.58. The van der Waals surface area contributed by atoms with E-state index in [-0.39, 0.29) is 17.7 Å². The number of hydrogen-bond acceptors (Lipinski definition) is 3. The lowest BCUT2D eigenvalue weighted by Gasteiger charge is -2.17. The van der Waals surface area contributed by atoms with Crippen molar-refractivity contribution in [1.82, 2.24) is 0 Å². The van der Waals surface area contributed by atoms with Gasteiger partial charge in [0.05, 0.1) is 6.04 Å². The van der Waals surface area contributed by atoms with Gasteiger partial charge in [-0.3, -0.25) is 4.79 Å². The maximum Gasteiger partial charge on any atom is 0.221 e. The van der Waals surface area contributed by atoms with E-state index in [1.807, 2.05) is 13.0 Å². The minimum atomic E-state index is -0.465. The van der Waals surface area contributed by atoms with Gasteiger partial charge < -0.3 is 15.7 Å². The predicted molar refractivity (Wildman–Crippen MR) is 80.8 cm³/mol. The van der Waals surface area contributed by atoms with Crippen molar-refractivity contribution in [2.75, 3.05) is 10.6 Å². The third-order valence-corrected chi connectivity index (χ3v) is 3.02. The molecule has 5 heteroatoms. The molecule has 1 unspecified atom stereocenters. The zero-order valence-electron chi connectivity index (χ0n) is 11.9. The minimum Gasteiger partial charge on any atom is -0.508 e. The molecule has 0 saturated carbocycles. The van der Waals surface area contributed by atoms with Gasteiger partial charge in [-0.25, -0.2) is 4.39 Å². The monoisotopic (exact) mass is 288 g/mol. The van der Waals surface area contributed by atoms with Crippen LogP contribution in [0, 0.1) is 5.82 Å². The number of rotatable bonds is 4. The van der Waals surface area contributed by atoms with E-state index in [0.29, 0.717) is 11.3 Å². The summed E-state index contributed by atoms with van der Waals surface area (Å²) < 4.78 is 13.8. The van der Waals surface area contributed by atoms with Gasteiger partial charge in [-0.1, -0.05) is 12.1 Å². The highest BCUT2D eigenvalue weighted by Crippen LogP contribution is 2.25. The Morgan fingerprint density at radius 2 is 1.90 bits per heavy atom. The van der Waals surface area contributed by atoms with Crippen molar-refractivity contribution < 1.29 is 14.3 Å². The van der Waals surface area contributed by atoms with Crippen molar-refractivity contribution in [2.45, 2.75) is 19.9 Å². The number of aromatic hydroxyl groups is 1. The summed E-state index contributed by atoms with van der Waals surface area (Å²) in [5.74, 6) is -0.714. The second-order valence-corrected chi connectivity index (χ2v) is 4.83. The lowest BCUT2D eigenvalue weighted by Crippen LogP contribution is -2.10. The minimum absolute atomic E-state index is 0.101. The first-order chi connectivity index (χ1) is 9.95. The van der Waals surface area contributed by atoms with E-state index in [2.05, 4.69) is 10.6 Å². The van der Waals surface area contributed by atoms with Gasteiger partial charge in [-0.2, -0.15) is 0 Å². The fourth-order valence-electron chi connectivity index (χ4n) is 2.08. The maximum atomic E-state index is 13.8. The molecular weight excluding hydrogens is 271 g/mol. The summed E-state index contributed by atoms with van der Waals surface area (Å²) in [6.07, 6.45) is 0. The molecule has 0 spiro atoms. The van der Waals surface area contributed by atoms with Crippen molar-refractivity contribution in [1.29, 1.82) is 0 Å². The van der Waals surface area contributed by atoms with E-state index in [4.69, 9.17) is 0 Å². The summed E-state index contributed by atoms with van der Waals surface area (Å²) in [5, 5.41) is 15.1. The Labute approximate surface area is 122 Å². The SMILES string of the molecule is CC(=O)Nc1cccc(NC(C)c2ccc(O)cc2F)c1. The molecule has 4 nitrogen and oxygen atoms in total. The number of carbonyl (C=O) groups excluding carboxylic acids is 1. The number of nitrogens with one attached hydrogen (secondary N) is 2. The number of amides is 1. The lowest BCUT2D eigenvalue weighted by molar-refractivity contribution is -0.114. The quantitative estimate of drug-likeness (QED) is 0.804. The zero-order valence-corrected chi connectivity index (χ0v) is 11.9. The van der Waals surface area contributed by atoms with E-state index in [1.54, 1.807) is 24.3 Å². The summed E-state index contributed by atoms with van der Waals surface area (Å²) in [5.41, 5.74) is 1.89. The Kier molecular flexibility index (Phi) is 4.42. The number of phenols is 1. The highest BCUT2D eigenvalue weighted by atomic mass is 19.1. The Morgan fingerprint density at radius 1 is 1.19 bits per heavy atom. The second-order valence-electron chi connectivity index (χ2n) is 4.83. The largest absolute Gasteiger partial charge is 0.508 e. The van der Waals surface area contributed by atoms with E-state index >= 15 is 0 Å². The van der Waals surface area contributed by atoms with Crippen LogP contribution in [0.2, 0.25) is 0 Å². The first kappa shape index (κ1) is 14.8. The predicted octanol–water partition coefficient (Wildman–Crippen LogP) is 3.66.